The van der Waals surface area contributed by atoms with Crippen LogP contribution in [-0.2, 0) is 9.59 Å². The molecule has 2 fully saturated rings. The van der Waals surface area contributed by atoms with Crippen molar-refractivity contribution < 1.29 is 24.5 Å². The topological polar surface area (TPSA) is 87.1 Å². The van der Waals surface area contributed by atoms with Crippen LogP contribution >= 0.6 is 11.6 Å². The standard InChI is InChI=1S/C23H22ClNO5/c1-30-18-11-8-14(12-17(18)26)20-19(21(27)13-6-9-15(24)10-7-13)22(28)23(29)25(20)16-4-2-3-5-16/h6-12,16,20,26-27H,2-5H2,1H3/b21-19-. The van der Waals surface area contributed by atoms with Crippen molar-refractivity contribution in [2.75, 3.05) is 7.11 Å². The lowest BCUT2D eigenvalue weighted by atomic mass is 9.94. The number of carbonyl (C=O) groups is 2. The number of Topliss-reactive ketones (excluding diaryl/α,β-unsaturated/α-hetero) is 1. The van der Waals surface area contributed by atoms with Gasteiger partial charge in [-0.25, -0.2) is 0 Å². The molecular weight excluding hydrogens is 406 g/mol. The number of ketones is 1. The van der Waals surface area contributed by atoms with E-state index in [2.05, 4.69) is 0 Å². The summed E-state index contributed by atoms with van der Waals surface area (Å²) >= 11 is 5.94. The molecule has 7 heteroatoms. The predicted octanol–water partition coefficient (Wildman–Crippen LogP) is 4.42. The Labute approximate surface area is 179 Å². The highest BCUT2D eigenvalue weighted by molar-refractivity contribution is 6.46. The Morgan fingerprint density at radius 3 is 2.37 bits per heavy atom. The van der Waals surface area contributed by atoms with Crippen LogP contribution in [-0.4, -0.2) is 40.0 Å². The van der Waals surface area contributed by atoms with Gasteiger partial charge in [0.1, 0.15) is 5.76 Å². The Kier molecular flexibility index (Phi) is 5.43. The highest BCUT2D eigenvalue weighted by Gasteiger charge is 2.49. The first-order valence-electron chi connectivity index (χ1n) is 9.85. The summed E-state index contributed by atoms with van der Waals surface area (Å²) in [6.07, 6.45) is 3.55. The Balaban J connectivity index is 1.89. The van der Waals surface area contributed by atoms with Crippen LogP contribution in [0, 0.1) is 0 Å². The van der Waals surface area contributed by atoms with Crippen LogP contribution in [0.1, 0.15) is 42.9 Å². The molecular formula is C23H22ClNO5. The van der Waals surface area contributed by atoms with E-state index in [9.17, 15) is 19.8 Å². The molecule has 1 atom stereocenters. The molecule has 0 bridgehead atoms. The number of ether oxygens (including phenoxy) is 1. The lowest BCUT2D eigenvalue weighted by Crippen LogP contribution is -2.37. The van der Waals surface area contributed by atoms with Gasteiger partial charge < -0.3 is 19.8 Å². The molecule has 6 nitrogen and oxygen atoms in total. The molecule has 1 unspecified atom stereocenters. The Bertz CT molecular complexity index is 1020. The molecule has 2 aromatic rings. The molecule has 1 aliphatic carbocycles. The molecule has 0 aromatic heterocycles. The lowest BCUT2D eigenvalue weighted by molar-refractivity contribution is -0.141. The fraction of sp³-hybridized carbons (Fsp3) is 0.304. The second kappa shape index (κ2) is 8.03. The largest absolute Gasteiger partial charge is 0.507 e. The van der Waals surface area contributed by atoms with Gasteiger partial charge in [-0.15, -0.1) is 0 Å². The number of aliphatic hydroxyl groups is 1. The normalized spacial score (nSPS) is 21.4. The number of phenols is 1. The Hall–Kier alpha value is -2.99. The van der Waals surface area contributed by atoms with Crippen LogP contribution in [0.2, 0.25) is 5.02 Å². The molecule has 2 N–H and O–H groups in total. The number of nitrogens with zero attached hydrogens (tertiary/aromatic N) is 1. The number of amides is 1. The summed E-state index contributed by atoms with van der Waals surface area (Å²) in [7, 11) is 1.44. The Morgan fingerprint density at radius 1 is 1.10 bits per heavy atom. The summed E-state index contributed by atoms with van der Waals surface area (Å²) in [6, 6.07) is 10.3. The van der Waals surface area contributed by atoms with Crippen LogP contribution in [0.15, 0.2) is 48.0 Å². The van der Waals surface area contributed by atoms with Crippen molar-refractivity contribution in [3.8, 4) is 11.5 Å². The third kappa shape index (κ3) is 3.41. The van der Waals surface area contributed by atoms with Gasteiger partial charge in [-0.2, -0.15) is 0 Å². The summed E-state index contributed by atoms with van der Waals surface area (Å²) in [4.78, 5) is 27.6. The predicted molar refractivity (Wildman–Crippen MR) is 113 cm³/mol. The van der Waals surface area contributed by atoms with Gasteiger partial charge in [-0.3, -0.25) is 9.59 Å². The number of likely N-dealkylation sites (tertiary alicyclic amines) is 1. The number of hydrogen-bond donors (Lipinski definition) is 2. The minimum Gasteiger partial charge on any atom is -0.507 e. The van der Waals surface area contributed by atoms with E-state index in [-0.39, 0.29) is 28.9 Å². The van der Waals surface area contributed by atoms with E-state index in [0.29, 0.717) is 16.1 Å². The minimum absolute atomic E-state index is 0.0128. The van der Waals surface area contributed by atoms with Crippen LogP contribution in [0.3, 0.4) is 0 Å². The molecule has 156 valence electrons. The van der Waals surface area contributed by atoms with Crippen molar-refractivity contribution in [3.63, 3.8) is 0 Å². The molecule has 0 radical (unpaired) electrons. The van der Waals surface area contributed by atoms with Gasteiger partial charge in [0.05, 0.1) is 18.7 Å². The molecule has 1 saturated heterocycles. The maximum atomic E-state index is 13.0. The van der Waals surface area contributed by atoms with E-state index in [1.165, 1.54) is 13.2 Å². The quantitative estimate of drug-likeness (QED) is 0.428. The molecule has 0 spiro atoms. The molecule has 2 aromatic carbocycles. The number of halogens is 1. The third-order valence-electron chi connectivity index (χ3n) is 5.83. The van der Waals surface area contributed by atoms with Crippen LogP contribution in [0.4, 0.5) is 0 Å². The van der Waals surface area contributed by atoms with Crippen molar-refractivity contribution in [2.45, 2.75) is 37.8 Å². The number of benzene rings is 2. The fourth-order valence-electron chi connectivity index (χ4n) is 4.38. The van der Waals surface area contributed by atoms with E-state index in [1.54, 1.807) is 41.3 Å². The number of phenolic OH excluding ortho intramolecular Hbond substituents is 1. The van der Waals surface area contributed by atoms with Crippen molar-refractivity contribution in [1.29, 1.82) is 0 Å². The van der Waals surface area contributed by atoms with Gasteiger partial charge in [0.15, 0.2) is 11.5 Å². The van der Waals surface area contributed by atoms with Crippen molar-refractivity contribution in [2.24, 2.45) is 0 Å². The van der Waals surface area contributed by atoms with Crippen LogP contribution in [0.25, 0.3) is 5.76 Å². The number of carbonyl (C=O) groups excluding carboxylic acids is 2. The first kappa shape index (κ1) is 20.3. The summed E-state index contributed by atoms with van der Waals surface area (Å²) in [5, 5.41) is 21.8. The maximum Gasteiger partial charge on any atom is 0.295 e. The van der Waals surface area contributed by atoms with Gasteiger partial charge in [0, 0.05) is 16.6 Å². The SMILES string of the molecule is COc1ccc(C2/C(=C(/O)c3ccc(Cl)cc3)C(=O)C(=O)N2C2CCCC2)cc1O. The van der Waals surface area contributed by atoms with E-state index < -0.39 is 17.7 Å². The van der Waals surface area contributed by atoms with Gasteiger partial charge in [-0.1, -0.05) is 30.5 Å². The van der Waals surface area contributed by atoms with E-state index >= 15 is 0 Å². The molecule has 1 heterocycles. The smallest absolute Gasteiger partial charge is 0.295 e. The van der Waals surface area contributed by atoms with Gasteiger partial charge in [0.2, 0.25) is 0 Å². The van der Waals surface area contributed by atoms with Crippen molar-refractivity contribution >= 4 is 29.1 Å². The van der Waals surface area contributed by atoms with Crippen LogP contribution in [0.5, 0.6) is 11.5 Å². The second-order valence-electron chi connectivity index (χ2n) is 7.58. The monoisotopic (exact) mass is 427 g/mol. The van der Waals surface area contributed by atoms with Crippen molar-refractivity contribution in [3.05, 3.63) is 64.2 Å². The summed E-state index contributed by atoms with van der Waals surface area (Å²) in [6.45, 7) is 0. The first-order chi connectivity index (χ1) is 14.4. The fourth-order valence-corrected chi connectivity index (χ4v) is 4.50. The van der Waals surface area contributed by atoms with E-state index in [1.807, 2.05) is 0 Å². The summed E-state index contributed by atoms with van der Waals surface area (Å²) < 4.78 is 5.11. The number of aromatic hydroxyl groups is 1. The molecule has 1 saturated carbocycles. The molecule has 1 aliphatic heterocycles. The first-order valence-corrected chi connectivity index (χ1v) is 10.2. The van der Waals surface area contributed by atoms with E-state index in [4.69, 9.17) is 16.3 Å². The van der Waals surface area contributed by atoms with Gasteiger partial charge >= 0.3 is 0 Å². The second-order valence-corrected chi connectivity index (χ2v) is 8.02. The molecule has 30 heavy (non-hydrogen) atoms. The number of hydrogen-bond acceptors (Lipinski definition) is 5. The number of aliphatic hydroxyl groups excluding tert-OH is 1. The number of methoxy groups -OCH3 is 1. The number of rotatable bonds is 4. The summed E-state index contributed by atoms with van der Waals surface area (Å²) in [5.74, 6) is -1.43. The molecule has 4 rings (SSSR count). The van der Waals surface area contributed by atoms with Gasteiger partial charge in [-0.05, 0) is 54.8 Å². The van der Waals surface area contributed by atoms with E-state index in [0.717, 1.165) is 25.7 Å². The zero-order valence-corrected chi connectivity index (χ0v) is 17.2. The van der Waals surface area contributed by atoms with Gasteiger partial charge in [0.25, 0.3) is 11.7 Å². The van der Waals surface area contributed by atoms with Crippen molar-refractivity contribution in [1.82, 2.24) is 4.90 Å². The minimum atomic E-state index is -0.791. The highest BCUT2D eigenvalue weighted by Crippen LogP contribution is 2.45. The molecule has 1 amide bonds. The lowest BCUT2D eigenvalue weighted by Gasteiger charge is -2.31. The highest BCUT2D eigenvalue weighted by atomic mass is 35.5. The Morgan fingerprint density at radius 2 is 1.77 bits per heavy atom. The average Bonchev–Trinajstić information content (AvgIpc) is 3.35. The zero-order valence-electron chi connectivity index (χ0n) is 16.5. The van der Waals surface area contributed by atoms with Crippen LogP contribution < -0.4 is 4.74 Å². The zero-order chi connectivity index (χ0) is 21.4. The maximum absolute atomic E-state index is 13.0. The third-order valence-corrected chi connectivity index (χ3v) is 6.09. The summed E-state index contributed by atoms with van der Waals surface area (Å²) in [5.41, 5.74) is 0.945. The average molecular weight is 428 g/mol. The molecule has 2 aliphatic rings.